The number of halogens is 1. The Hall–Kier alpha value is -2.51. The molecular formula is C22H26FN3O3. The van der Waals surface area contributed by atoms with Crippen LogP contribution in [0.1, 0.15) is 18.4 Å². The first-order valence-electron chi connectivity index (χ1n) is 10.1. The summed E-state index contributed by atoms with van der Waals surface area (Å²) < 4.78 is 24.4. The molecule has 2 aliphatic rings. The van der Waals surface area contributed by atoms with Gasteiger partial charge in [-0.1, -0.05) is 6.07 Å². The summed E-state index contributed by atoms with van der Waals surface area (Å²) in [6.45, 7) is 3.78. The number of rotatable bonds is 6. The third-order valence-electron chi connectivity index (χ3n) is 5.54. The third kappa shape index (κ3) is 5.31. The molecule has 2 aromatic rings. The molecule has 7 heteroatoms. The van der Waals surface area contributed by atoms with Gasteiger partial charge < -0.3 is 14.4 Å². The van der Waals surface area contributed by atoms with Crippen molar-refractivity contribution in [2.24, 2.45) is 0 Å². The van der Waals surface area contributed by atoms with E-state index >= 15 is 0 Å². The van der Waals surface area contributed by atoms with Gasteiger partial charge in [0.1, 0.15) is 30.9 Å². The topological polar surface area (TPSA) is 54.9 Å². The number of amides is 1. The summed E-state index contributed by atoms with van der Waals surface area (Å²) in [5, 5.41) is 0. The lowest BCUT2D eigenvalue weighted by molar-refractivity contribution is -0.155. The molecule has 0 spiro atoms. The number of nitrogens with zero attached hydrogens (tertiary/aromatic N) is 3. The Morgan fingerprint density at radius 3 is 2.69 bits per heavy atom. The van der Waals surface area contributed by atoms with Crippen LogP contribution in [-0.4, -0.2) is 65.7 Å². The summed E-state index contributed by atoms with van der Waals surface area (Å²) in [7, 11) is 0. The number of benzene rings is 1. The standard InChI is InChI=1S/C22H26FN3O3/c23-18-3-5-20(6-4-18)28-15-21-14-26(22(27)16-29-21)19-7-10-25(11-8-19)13-17-2-1-9-24-12-17/h1-6,9,12,19,21H,7-8,10-11,13-16H2. The van der Waals surface area contributed by atoms with Crippen LogP contribution in [0.4, 0.5) is 4.39 Å². The van der Waals surface area contributed by atoms with Crippen molar-refractivity contribution in [3.63, 3.8) is 0 Å². The molecule has 4 rings (SSSR count). The van der Waals surface area contributed by atoms with Gasteiger partial charge in [0, 0.05) is 38.1 Å². The van der Waals surface area contributed by atoms with Crippen LogP contribution in [0, 0.1) is 5.82 Å². The summed E-state index contributed by atoms with van der Waals surface area (Å²) in [5.74, 6) is 0.355. The van der Waals surface area contributed by atoms with Crippen molar-refractivity contribution in [2.45, 2.75) is 31.5 Å². The zero-order chi connectivity index (χ0) is 20.1. The van der Waals surface area contributed by atoms with Crippen molar-refractivity contribution < 1.29 is 18.7 Å². The molecule has 2 fully saturated rings. The van der Waals surface area contributed by atoms with Crippen molar-refractivity contribution in [3.05, 3.63) is 60.2 Å². The van der Waals surface area contributed by atoms with Crippen LogP contribution in [0.15, 0.2) is 48.8 Å². The first-order valence-corrected chi connectivity index (χ1v) is 10.1. The predicted octanol–water partition coefficient (Wildman–Crippen LogP) is 2.49. The van der Waals surface area contributed by atoms with Gasteiger partial charge in [-0.2, -0.15) is 0 Å². The van der Waals surface area contributed by atoms with E-state index in [1.54, 1.807) is 18.3 Å². The summed E-state index contributed by atoms with van der Waals surface area (Å²) in [5.41, 5.74) is 1.21. The van der Waals surface area contributed by atoms with E-state index in [1.165, 1.54) is 17.7 Å². The van der Waals surface area contributed by atoms with Gasteiger partial charge in [-0.05, 0) is 48.7 Å². The van der Waals surface area contributed by atoms with E-state index < -0.39 is 0 Å². The van der Waals surface area contributed by atoms with E-state index in [0.717, 1.165) is 32.5 Å². The van der Waals surface area contributed by atoms with Crippen LogP contribution in [-0.2, 0) is 16.1 Å². The summed E-state index contributed by atoms with van der Waals surface area (Å²) in [6.07, 6.45) is 5.43. The number of pyridine rings is 1. The predicted molar refractivity (Wildman–Crippen MR) is 106 cm³/mol. The Labute approximate surface area is 170 Å². The van der Waals surface area contributed by atoms with Crippen LogP contribution in [0.25, 0.3) is 0 Å². The monoisotopic (exact) mass is 399 g/mol. The summed E-state index contributed by atoms with van der Waals surface area (Å²) in [6, 6.07) is 10.2. The maximum absolute atomic E-state index is 13.0. The number of aromatic nitrogens is 1. The summed E-state index contributed by atoms with van der Waals surface area (Å²) in [4.78, 5) is 21.0. The molecule has 0 radical (unpaired) electrons. The SMILES string of the molecule is O=C1COC(COc2ccc(F)cc2)CN1C1CCN(Cc2cccnc2)CC1. The number of hydrogen-bond donors (Lipinski definition) is 0. The quantitative estimate of drug-likeness (QED) is 0.747. The molecule has 1 atom stereocenters. The van der Waals surface area contributed by atoms with Crippen LogP contribution >= 0.6 is 0 Å². The first kappa shape index (κ1) is 19.8. The van der Waals surface area contributed by atoms with Crippen LogP contribution < -0.4 is 4.74 Å². The molecule has 0 aliphatic carbocycles. The molecular weight excluding hydrogens is 373 g/mol. The van der Waals surface area contributed by atoms with Crippen LogP contribution in [0.5, 0.6) is 5.75 Å². The van der Waals surface area contributed by atoms with Gasteiger partial charge in [0.05, 0.1) is 6.54 Å². The Bertz CT molecular complexity index is 795. The Balaban J connectivity index is 1.26. The van der Waals surface area contributed by atoms with E-state index in [-0.39, 0.29) is 30.5 Å². The molecule has 6 nitrogen and oxygen atoms in total. The van der Waals surface area contributed by atoms with E-state index in [4.69, 9.17) is 9.47 Å². The van der Waals surface area contributed by atoms with Gasteiger partial charge in [-0.15, -0.1) is 0 Å². The zero-order valence-corrected chi connectivity index (χ0v) is 16.4. The van der Waals surface area contributed by atoms with Gasteiger partial charge in [0.15, 0.2) is 0 Å². The average molecular weight is 399 g/mol. The number of carbonyl (C=O) groups is 1. The number of hydrogen-bond acceptors (Lipinski definition) is 5. The number of ether oxygens (including phenoxy) is 2. The second kappa shape index (κ2) is 9.33. The lowest BCUT2D eigenvalue weighted by atomic mass is 10.0. The molecule has 1 unspecified atom stereocenters. The van der Waals surface area contributed by atoms with Crippen molar-refractivity contribution in [1.82, 2.24) is 14.8 Å². The second-order valence-electron chi connectivity index (χ2n) is 7.61. The molecule has 1 amide bonds. The van der Waals surface area contributed by atoms with Crippen LogP contribution in [0.3, 0.4) is 0 Å². The highest BCUT2D eigenvalue weighted by molar-refractivity contribution is 5.78. The Morgan fingerprint density at radius 2 is 1.97 bits per heavy atom. The normalized spacial score (nSPS) is 21.3. The molecule has 0 bridgehead atoms. The smallest absolute Gasteiger partial charge is 0.248 e. The highest BCUT2D eigenvalue weighted by Crippen LogP contribution is 2.22. The van der Waals surface area contributed by atoms with Gasteiger partial charge >= 0.3 is 0 Å². The lowest BCUT2D eigenvalue weighted by Crippen LogP contribution is -2.55. The number of piperidine rings is 1. The zero-order valence-electron chi connectivity index (χ0n) is 16.4. The second-order valence-corrected chi connectivity index (χ2v) is 7.61. The van der Waals surface area contributed by atoms with Crippen molar-refractivity contribution in [1.29, 1.82) is 0 Å². The van der Waals surface area contributed by atoms with E-state index in [1.807, 2.05) is 17.2 Å². The molecule has 1 aromatic heterocycles. The van der Waals surface area contributed by atoms with Crippen molar-refractivity contribution in [2.75, 3.05) is 32.8 Å². The van der Waals surface area contributed by atoms with Gasteiger partial charge in [0.2, 0.25) is 5.91 Å². The maximum atomic E-state index is 13.0. The molecule has 3 heterocycles. The minimum atomic E-state index is -0.294. The summed E-state index contributed by atoms with van der Waals surface area (Å²) >= 11 is 0. The Kier molecular flexibility index (Phi) is 6.36. The molecule has 29 heavy (non-hydrogen) atoms. The van der Waals surface area contributed by atoms with Crippen LogP contribution in [0.2, 0.25) is 0 Å². The average Bonchev–Trinajstić information content (AvgIpc) is 2.76. The van der Waals surface area contributed by atoms with Gasteiger partial charge in [0.25, 0.3) is 0 Å². The molecule has 154 valence electrons. The highest BCUT2D eigenvalue weighted by atomic mass is 19.1. The molecule has 2 saturated heterocycles. The van der Waals surface area contributed by atoms with Crippen molar-refractivity contribution >= 4 is 5.91 Å². The fourth-order valence-corrected chi connectivity index (χ4v) is 3.96. The first-order chi connectivity index (χ1) is 14.2. The molecule has 0 N–H and O–H groups in total. The lowest BCUT2D eigenvalue weighted by Gasteiger charge is -2.42. The minimum Gasteiger partial charge on any atom is -0.491 e. The molecule has 2 aliphatic heterocycles. The minimum absolute atomic E-state index is 0.0498. The number of carbonyl (C=O) groups excluding carboxylic acids is 1. The maximum Gasteiger partial charge on any atom is 0.248 e. The van der Waals surface area contributed by atoms with Gasteiger partial charge in [-0.25, -0.2) is 4.39 Å². The van der Waals surface area contributed by atoms with Gasteiger partial charge in [-0.3, -0.25) is 14.7 Å². The van der Waals surface area contributed by atoms with E-state index in [0.29, 0.717) is 18.9 Å². The fraction of sp³-hybridized carbons (Fsp3) is 0.455. The van der Waals surface area contributed by atoms with E-state index in [2.05, 4.69) is 16.0 Å². The highest BCUT2D eigenvalue weighted by Gasteiger charge is 2.33. The fourth-order valence-electron chi connectivity index (χ4n) is 3.96. The molecule has 0 saturated carbocycles. The third-order valence-corrected chi connectivity index (χ3v) is 5.54. The molecule has 1 aromatic carbocycles. The number of likely N-dealkylation sites (tertiary alicyclic amines) is 1. The van der Waals surface area contributed by atoms with E-state index in [9.17, 15) is 9.18 Å². The Morgan fingerprint density at radius 1 is 1.17 bits per heavy atom. The number of morpholine rings is 1. The largest absolute Gasteiger partial charge is 0.491 e. The van der Waals surface area contributed by atoms with Crippen molar-refractivity contribution in [3.8, 4) is 5.75 Å².